The molecule has 0 saturated carbocycles. The van der Waals surface area contributed by atoms with Gasteiger partial charge in [-0.25, -0.2) is 13.8 Å². The number of hydrogen-bond acceptors (Lipinski definition) is 5. The Balaban J connectivity index is 1.87. The van der Waals surface area contributed by atoms with Crippen molar-refractivity contribution in [3.05, 3.63) is 89.5 Å². The topological polar surface area (TPSA) is 88.1 Å². The predicted octanol–water partition coefficient (Wildman–Crippen LogP) is 5.04. The number of methoxy groups -OCH3 is 1. The van der Waals surface area contributed by atoms with Crippen LogP contribution in [0.4, 0.5) is 5.69 Å². The Bertz CT molecular complexity index is 1340. The van der Waals surface area contributed by atoms with Crippen LogP contribution < -0.4 is 14.5 Å². The third kappa shape index (κ3) is 6.31. The van der Waals surface area contributed by atoms with Crippen molar-refractivity contribution in [1.29, 1.82) is 0 Å². The molecule has 1 N–H and O–H groups in total. The molecular formula is C28H33N3O4S. The van der Waals surface area contributed by atoms with Crippen LogP contribution >= 0.6 is 0 Å². The number of nitrogens with one attached hydrogen (secondary N) is 1. The SMILES string of the molecule is COc1ccccc1N(CC(=O)NN=C(C)c1ccc(C(C)(C)C)cc1)S(=O)(=O)c1ccc(C)cc1. The minimum Gasteiger partial charge on any atom is -0.495 e. The fraction of sp³-hybridized carbons (Fsp3) is 0.286. The smallest absolute Gasteiger partial charge is 0.264 e. The van der Waals surface area contributed by atoms with Crippen molar-refractivity contribution in [3.63, 3.8) is 0 Å². The number of carbonyl (C=O) groups is 1. The molecule has 1 amide bonds. The van der Waals surface area contributed by atoms with Crippen LogP contribution in [0, 0.1) is 6.92 Å². The fourth-order valence-corrected chi connectivity index (χ4v) is 4.99. The highest BCUT2D eigenvalue weighted by Crippen LogP contribution is 2.32. The molecule has 36 heavy (non-hydrogen) atoms. The Hall–Kier alpha value is -3.65. The first-order valence-electron chi connectivity index (χ1n) is 11.6. The monoisotopic (exact) mass is 507 g/mol. The number of nitrogens with zero attached hydrogens (tertiary/aromatic N) is 2. The number of anilines is 1. The number of aryl methyl sites for hydroxylation is 1. The maximum atomic E-state index is 13.6. The van der Waals surface area contributed by atoms with Gasteiger partial charge in [0.1, 0.15) is 12.3 Å². The summed E-state index contributed by atoms with van der Waals surface area (Å²) in [7, 11) is -2.61. The average Bonchev–Trinajstić information content (AvgIpc) is 2.85. The van der Waals surface area contributed by atoms with Gasteiger partial charge in [0, 0.05) is 0 Å². The lowest BCUT2D eigenvalue weighted by molar-refractivity contribution is -0.119. The Morgan fingerprint density at radius 2 is 1.58 bits per heavy atom. The van der Waals surface area contributed by atoms with E-state index in [1.165, 1.54) is 24.8 Å². The van der Waals surface area contributed by atoms with Crippen LogP contribution in [0.15, 0.2) is 82.8 Å². The number of benzene rings is 3. The number of ether oxygens (including phenoxy) is 1. The number of rotatable bonds is 8. The normalized spacial score (nSPS) is 12.2. The Morgan fingerprint density at radius 3 is 2.17 bits per heavy atom. The van der Waals surface area contributed by atoms with Gasteiger partial charge in [-0.15, -0.1) is 0 Å². The van der Waals surface area contributed by atoms with E-state index in [9.17, 15) is 13.2 Å². The first-order valence-corrected chi connectivity index (χ1v) is 13.0. The van der Waals surface area contributed by atoms with Gasteiger partial charge in [-0.05, 0) is 54.7 Å². The zero-order valence-corrected chi connectivity index (χ0v) is 22.4. The third-order valence-electron chi connectivity index (χ3n) is 5.77. The highest BCUT2D eigenvalue weighted by Gasteiger charge is 2.29. The van der Waals surface area contributed by atoms with E-state index in [-0.39, 0.29) is 16.0 Å². The largest absolute Gasteiger partial charge is 0.495 e. The molecule has 0 heterocycles. The summed E-state index contributed by atoms with van der Waals surface area (Å²) in [4.78, 5) is 13.0. The number of sulfonamides is 1. The Labute approximate surface area is 213 Å². The van der Waals surface area contributed by atoms with Crippen molar-refractivity contribution in [2.75, 3.05) is 18.0 Å². The van der Waals surface area contributed by atoms with E-state index in [2.05, 4.69) is 31.3 Å². The second kappa shape index (κ2) is 11.0. The average molecular weight is 508 g/mol. The summed E-state index contributed by atoms with van der Waals surface area (Å²) in [5.74, 6) is -0.248. The van der Waals surface area contributed by atoms with Crippen molar-refractivity contribution in [3.8, 4) is 5.75 Å². The lowest BCUT2D eigenvalue weighted by atomic mass is 9.86. The predicted molar refractivity (Wildman–Crippen MR) is 144 cm³/mol. The lowest BCUT2D eigenvalue weighted by Crippen LogP contribution is -2.40. The maximum absolute atomic E-state index is 13.6. The van der Waals surface area contributed by atoms with Crippen molar-refractivity contribution in [2.45, 2.75) is 44.9 Å². The summed E-state index contributed by atoms with van der Waals surface area (Å²) >= 11 is 0. The molecule has 0 aliphatic rings. The van der Waals surface area contributed by atoms with Gasteiger partial charge >= 0.3 is 0 Å². The molecule has 0 atom stereocenters. The molecule has 0 saturated heterocycles. The van der Waals surface area contributed by atoms with E-state index in [1.54, 1.807) is 43.3 Å². The van der Waals surface area contributed by atoms with Crippen LogP contribution in [0.1, 0.15) is 44.4 Å². The molecule has 3 aromatic rings. The molecule has 3 aromatic carbocycles. The molecular weight excluding hydrogens is 474 g/mol. The number of para-hydroxylation sites is 2. The second-order valence-corrected chi connectivity index (χ2v) is 11.4. The van der Waals surface area contributed by atoms with E-state index < -0.39 is 22.5 Å². The molecule has 0 fully saturated rings. The van der Waals surface area contributed by atoms with Gasteiger partial charge in [-0.3, -0.25) is 9.10 Å². The molecule has 0 radical (unpaired) electrons. The van der Waals surface area contributed by atoms with Crippen molar-refractivity contribution < 1.29 is 17.9 Å². The zero-order chi connectivity index (χ0) is 26.5. The van der Waals surface area contributed by atoms with Crippen molar-refractivity contribution >= 4 is 27.3 Å². The molecule has 3 rings (SSSR count). The van der Waals surface area contributed by atoms with Crippen LogP contribution in [0.2, 0.25) is 0 Å². The van der Waals surface area contributed by atoms with E-state index in [4.69, 9.17) is 4.74 Å². The molecule has 0 unspecified atom stereocenters. The minimum absolute atomic E-state index is 0.0304. The molecule has 0 aliphatic heterocycles. The van der Waals surface area contributed by atoms with Crippen molar-refractivity contribution in [2.24, 2.45) is 5.10 Å². The Kier molecular flexibility index (Phi) is 8.20. The lowest BCUT2D eigenvalue weighted by Gasteiger charge is -2.25. The molecule has 0 spiro atoms. The highest BCUT2D eigenvalue weighted by atomic mass is 32.2. The molecule has 7 nitrogen and oxygen atoms in total. The van der Waals surface area contributed by atoms with E-state index in [1.807, 2.05) is 31.2 Å². The van der Waals surface area contributed by atoms with Crippen LogP contribution in [-0.4, -0.2) is 33.7 Å². The van der Waals surface area contributed by atoms with E-state index in [0.717, 1.165) is 15.4 Å². The van der Waals surface area contributed by atoms with Gasteiger partial charge in [0.15, 0.2) is 0 Å². The third-order valence-corrected chi connectivity index (χ3v) is 7.54. The van der Waals surface area contributed by atoms with Crippen LogP contribution in [0.25, 0.3) is 0 Å². The molecule has 0 aromatic heterocycles. The highest BCUT2D eigenvalue weighted by molar-refractivity contribution is 7.92. The van der Waals surface area contributed by atoms with Gasteiger partial charge < -0.3 is 4.74 Å². The number of amides is 1. The van der Waals surface area contributed by atoms with Gasteiger partial charge in [0.25, 0.3) is 15.9 Å². The van der Waals surface area contributed by atoms with Crippen LogP contribution in [0.3, 0.4) is 0 Å². The summed E-state index contributed by atoms with van der Waals surface area (Å²) in [5, 5.41) is 4.21. The summed E-state index contributed by atoms with van der Waals surface area (Å²) in [6.07, 6.45) is 0. The Morgan fingerprint density at radius 1 is 0.972 bits per heavy atom. The van der Waals surface area contributed by atoms with E-state index in [0.29, 0.717) is 11.5 Å². The maximum Gasteiger partial charge on any atom is 0.264 e. The summed E-state index contributed by atoms with van der Waals surface area (Å²) in [5.41, 5.74) is 6.37. The molecule has 8 heteroatoms. The minimum atomic E-state index is -4.06. The van der Waals surface area contributed by atoms with Gasteiger partial charge in [-0.1, -0.05) is 74.9 Å². The van der Waals surface area contributed by atoms with Gasteiger partial charge in [-0.2, -0.15) is 5.10 Å². The number of carbonyl (C=O) groups excluding carboxylic acids is 1. The molecule has 0 aliphatic carbocycles. The summed E-state index contributed by atoms with van der Waals surface area (Å²) in [6.45, 7) is 9.60. The summed E-state index contributed by atoms with van der Waals surface area (Å²) < 4.78 is 33.6. The quantitative estimate of drug-likeness (QED) is 0.342. The van der Waals surface area contributed by atoms with Crippen LogP contribution in [0.5, 0.6) is 5.75 Å². The molecule has 190 valence electrons. The standard InChI is InChI=1S/C28H33N3O4S/c1-20-11-17-24(18-12-20)36(33,34)31(25-9-7-8-10-26(25)35-6)19-27(32)30-29-21(2)22-13-15-23(16-14-22)28(3,4)5/h7-18H,19H2,1-6H3,(H,30,32). The second-order valence-electron chi connectivity index (χ2n) is 9.56. The van der Waals surface area contributed by atoms with Crippen LogP contribution in [-0.2, 0) is 20.2 Å². The van der Waals surface area contributed by atoms with E-state index >= 15 is 0 Å². The number of hydrogen-bond donors (Lipinski definition) is 1. The number of hydrazone groups is 1. The summed E-state index contributed by atoms with van der Waals surface area (Å²) in [6, 6.07) is 21.1. The first kappa shape index (κ1) is 26.9. The van der Waals surface area contributed by atoms with Gasteiger partial charge in [0.2, 0.25) is 0 Å². The first-order chi connectivity index (χ1) is 16.9. The zero-order valence-electron chi connectivity index (χ0n) is 21.6. The van der Waals surface area contributed by atoms with Crippen molar-refractivity contribution in [1.82, 2.24) is 5.43 Å². The molecule has 0 bridgehead atoms. The van der Waals surface area contributed by atoms with Gasteiger partial charge in [0.05, 0.1) is 23.4 Å². The fourth-order valence-electron chi connectivity index (χ4n) is 3.56.